The maximum atomic E-state index is 12.0. The van der Waals surface area contributed by atoms with Gasteiger partial charge in [-0.05, 0) is 37.5 Å². The lowest BCUT2D eigenvalue weighted by atomic mass is 9.85. The van der Waals surface area contributed by atoms with Gasteiger partial charge in [-0.3, -0.25) is 9.59 Å². The van der Waals surface area contributed by atoms with Crippen LogP contribution in [-0.4, -0.2) is 38.1 Å². The predicted octanol–water partition coefficient (Wildman–Crippen LogP) is 1.48. The molecule has 0 spiro atoms. The molecule has 1 aromatic carbocycles. The third kappa shape index (κ3) is 6.02. The minimum atomic E-state index is -0.183. The molecular formula is C17H26ClN3O3. The molecule has 0 aliphatic heterocycles. The number of ether oxygens (including phenoxy) is 1. The molecule has 0 aromatic heterocycles. The number of rotatable bonds is 6. The van der Waals surface area contributed by atoms with Crippen LogP contribution in [0.5, 0.6) is 5.75 Å². The minimum absolute atomic E-state index is 0. The Morgan fingerprint density at radius 3 is 2.71 bits per heavy atom. The van der Waals surface area contributed by atoms with Crippen LogP contribution in [0.1, 0.15) is 36.0 Å². The molecule has 1 fully saturated rings. The lowest BCUT2D eigenvalue weighted by Gasteiger charge is -2.25. The smallest absolute Gasteiger partial charge is 0.251 e. The Morgan fingerprint density at radius 1 is 1.25 bits per heavy atom. The molecule has 0 radical (unpaired) electrons. The molecule has 134 valence electrons. The zero-order valence-corrected chi connectivity index (χ0v) is 14.7. The van der Waals surface area contributed by atoms with Crippen molar-refractivity contribution in [3.05, 3.63) is 29.8 Å². The Morgan fingerprint density at radius 2 is 2.00 bits per heavy atom. The fraction of sp³-hybridized carbons (Fsp3) is 0.529. The van der Waals surface area contributed by atoms with Crippen molar-refractivity contribution in [2.75, 3.05) is 20.2 Å². The van der Waals surface area contributed by atoms with E-state index in [1.54, 1.807) is 31.4 Å². The number of nitrogens with one attached hydrogen (secondary N) is 2. The van der Waals surface area contributed by atoms with Crippen LogP contribution < -0.4 is 21.1 Å². The van der Waals surface area contributed by atoms with Crippen LogP contribution in [-0.2, 0) is 4.79 Å². The van der Waals surface area contributed by atoms with Gasteiger partial charge < -0.3 is 21.1 Å². The Kier molecular flexibility index (Phi) is 8.57. The van der Waals surface area contributed by atoms with E-state index in [0.717, 1.165) is 25.7 Å². The van der Waals surface area contributed by atoms with E-state index in [1.807, 2.05) is 0 Å². The van der Waals surface area contributed by atoms with E-state index in [2.05, 4.69) is 10.6 Å². The molecule has 0 saturated heterocycles. The molecular weight excluding hydrogens is 330 g/mol. The van der Waals surface area contributed by atoms with E-state index in [-0.39, 0.29) is 36.2 Å². The van der Waals surface area contributed by atoms with E-state index in [0.29, 0.717) is 24.4 Å². The van der Waals surface area contributed by atoms with Crippen molar-refractivity contribution in [2.45, 2.75) is 31.7 Å². The molecule has 1 aliphatic carbocycles. The minimum Gasteiger partial charge on any atom is -0.497 e. The second-order valence-electron chi connectivity index (χ2n) is 5.90. The highest BCUT2D eigenvalue weighted by Gasteiger charge is 2.24. The second-order valence-corrected chi connectivity index (χ2v) is 5.90. The SMILES string of the molecule is COc1cccc(C(=O)NCCNC(=O)C2CCCC(N)C2)c1.Cl. The van der Waals surface area contributed by atoms with Crippen LogP contribution in [0.4, 0.5) is 0 Å². The van der Waals surface area contributed by atoms with E-state index < -0.39 is 0 Å². The van der Waals surface area contributed by atoms with Crippen molar-refractivity contribution in [1.82, 2.24) is 10.6 Å². The monoisotopic (exact) mass is 355 g/mol. The highest BCUT2D eigenvalue weighted by molar-refractivity contribution is 5.94. The van der Waals surface area contributed by atoms with Crippen molar-refractivity contribution in [1.29, 1.82) is 0 Å². The first kappa shape index (κ1) is 20.3. The Bertz CT molecular complexity index is 554. The van der Waals surface area contributed by atoms with Crippen LogP contribution in [0.25, 0.3) is 0 Å². The van der Waals surface area contributed by atoms with E-state index in [9.17, 15) is 9.59 Å². The molecule has 2 rings (SSSR count). The summed E-state index contributed by atoms with van der Waals surface area (Å²) >= 11 is 0. The number of carbonyl (C=O) groups excluding carboxylic acids is 2. The number of amides is 2. The molecule has 2 unspecified atom stereocenters. The maximum Gasteiger partial charge on any atom is 0.251 e. The standard InChI is InChI=1S/C17H25N3O3.ClH/c1-23-15-7-3-5-13(11-15)17(22)20-9-8-19-16(21)12-4-2-6-14(18)10-12;/h3,5,7,11-12,14H,2,4,6,8-10,18H2,1H3,(H,19,21)(H,20,22);1H. The molecule has 24 heavy (non-hydrogen) atoms. The lowest BCUT2D eigenvalue weighted by Crippen LogP contribution is -2.40. The van der Waals surface area contributed by atoms with E-state index >= 15 is 0 Å². The van der Waals surface area contributed by atoms with Gasteiger partial charge in [0, 0.05) is 30.6 Å². The highest BCUT2D eigenvalue weighted by Crippen LogP contribution is 2.22. The normalized spacial score (nSPS) is 19.8. The molecule has 4 N–H and O–H groups in total. The summed E-state index contributed by atoms with van der Waals surface area (Å²) in [5, 5.41) is 5.65. The average Bonchev–Trinajstić information content (AvgIpc) is 2.58. The second kappa shape index (κ2) is 10.2. The van der Waals surface area contributed by atoms with Gasteiger partial charge in [-0.25, -0.2) is 0 Å². The fourth-order valence-electron chi connectivity index (χ4n) is 2.84. The largest absolute Gasteiger partial charge is 0.497 e. The number of methoxy groups -OCH3 is 1. The van der Waals surface area contributed by atoms with Crippen molar-refractivity contribution in [2.24, 2.45) is 11.7 Å². The molecule has 1 aromatic rings. The molecule has 0 bridgehead atoms. The van der Waals surface area contributed by atoms with Gasteiger partial charge in [0.2, 0.25) is 5.91 Å². The third-order valence-corrected chi connectivity index (χ3v) is 4.13. The van der Waals surface area contributed by atoms with Crippen molar-refractivity contribution in [3.63, 3.8) is 0 Å². The molecule has 6 nitrogen and oxygen atoms in total. The van der Waals surface area contributed by atoms with Gasteiger partial charge in [0.25, 0.3) is 5.91 Å². The Balaban J connectivity index is 0.00000288. The summed E-state index contributed by atoms with van der Waals surface area (Å²) < 4.78 is 5.09. The first-order valence-electron chi connectivity index (χ1n) is 8.05. The van der Waals surface area contributed by atoms with Crippen LogP contribution in [0.2, 0.25) is 0 Å². The molecule has 2 amide bonds. The van der Waals surface area contributed by atoms with E-state index in [4.69, 9.17) is 10.5 Å². The molecule has 7 heteroatoms. The lowest BCUT2D eigenvalue weighted by molar-refractivity contribution is -0.126. The van der Waals surface area contributed by atoms with Crippen LogP contribution in [0.3, 0.4) is 0 Å². The van der Waals surface area contributed by atoms with Gasteiger partial charge in [-0.15, -0.1) is 12.4 Å². The summed E-state index contributed by atoms with van der Waals surface area (Å²) in [5.41, 5.74) is 6.43. The quantitative estimate of drug-likeness (QED) is 0.674. The number of nitrogens with two attached hydrogens (primary N) is 1. The first-order valence-corrected chi connectivity index (χ1v) is 8.05. The molecule has 2 atom stereocenters. The van der Waals surface area contributed by atoms with Crippen molar-refractivity contribution in [3.8, 4) is 5.75 Å². The summed E-state index contributed by atoms with van der Waals surface area (Å²) in [5.74, 6) is 0.501. The molecule has 1 aliphatic rings. The first-order chi connectivity index (χ1) is 11.1. The van der Waals surface area contributed by atoms with E-state index in [1.165, 1.54) is 0 Å². The highest BCUT2D eigenvalue weighted by atomic mass is 35.5. The topological polar surface area (TPSA) is 93.5 Å². The molecule has 0 heterocycles. The number of carbonyl (C=O) groups is 2. The number of hydrogen-bond donors (Lipinski definition) is 3. The maximum absolute atomic E-state index is 12.0. The van der Waals surface area contributed by atoms with Crippen molar-refractivity contribution >= 4 is 24.2 Å². The van der Waals surface area contributed by atoms with Gasteiger partial charge in [0.1, 0.15) is 5.75 Å². The Hall–Kier alpha value is -1.79. The summed E-state index contributed by atoms with van der Waals surface area (Å²) in [6.45, 7) is 0.806. The Labute approximate surface area is 148 Å². The zero-order valence-electron chi connectivity index (χ0n) is 13.9. The van der Waals surface area contributed by atoms with Gasteiger partial charge >= 0.3 is 0 Å². The van der Waals surface area contributed by atoms with Crippen LogP contribution in [0.15, 0.2) is 24.3 Å². The summed E-state index contributed by atoms with van der Waals surface area (Å²) in [6.07, 6.45) is 3.66. The van der Waals surface area contributed by atoms with Crippen LogP contribution in [0, 0.1) is 5.92 Å². The average molecular weight is 356 g/mol. The summed E-state index contributed by atoms with van der Waals surface area (Å²) in [7, 11) is 1.56. The summed E-state index contributed by atoms with van der Waals surface area (Å²) in [6, 6.07) is 7.08. The number of benzene rings is 1. The van der Waals surface area contributed by atoms with Gasteiger partial charge in [0.05, 0.1) is 7.11 Å². The number of hydrogen-bond acceptors (Lipinski definition) is 4. The van der Waals surface area contributed by atoms with Gasteiger partial charge in [-0.2, -0.15) is 0 Å². The summed E-state index contributed by atoms with van der Waals surface area (Å²) in [4.78, 5) is 24.1. The van der Waals surface area contributed by atoms with Gasteiger partial charge in [-0.1, -0.05) is 12.5 Å². The fourth-order valence-corrected chi connectivity index (χ4v) is 2.84. The number of halogens is 1. The zero-order chi connectivity index (χ0) is 16.7. The van der Waals surface area contributed by atoms with Crippen molar-refractivity contribution < 1.29 is 14.3 Å². The van der Waals surface area contributed by atoms with Crippen LogP contribution >= 0.6 is 12.4 Å². The molecule has 1 saturated carbocycles. The third-order valence-electron chi connectivity index (χ3n) is 4.13. The predicted molar refractivity (Wildman–Crippen MR) is 95.5 cm³/mol. The van der Waals surface area contributed by atoms with Gasteiger partial charge in [0.15, 0.2) is 0 Å².